The van der Waals surface area contributed by atoms with Gasteiger partial charge in [-0.3, -0.25) is 19.2 Å². The second kappa shape index (κ2) is 26.8. The summed E-state index contributed by atoms with van der Waals surface area (Å²) in [6.07, 6.45) is 21.7. The van der Waals surface area contributed by atoms with Crippen LogP contribution in [0.4, 0.5) is 15.3 Å². The first-order chi connectivity index (χ1) is 29.0. The average molecular weight is 838 g/mol. The molecule has 0 aromatic heterocycles. The maximum atomic E-state index is 13.9. The van der Waals surface area contributed by atoms with Crippen molar-refractivity contribution in [2.24, 2.45) is 23.5 Å². The Morgan fingerprint density at radius 2 is 1.20 bits per heavy atom. The average Bonchev–Trinajstić information content (AvgIpc) is 3.28. The van der Waals surface area contributed by atoms with Gasteiger partial charge in [-0.05, 0) is 81.4 Å². The molecule has 1 aromatic rings. The number of hydrogen-bond donors (Lipinski definition) is 7. The maximum Gasteiger partial charge on any atom is 0.407 e. The Balaban J connectivity index is 1.32. The van der Waals surface area contributed by atoms with Crippen molar-refractivity contribution in [3.8, 4) is 0 Å². The molecule has 3 fully saturated rings. The third-order valence-electron chi connectivity index (χ3n) is 12.5. The lowest BCUT2D eigenvalue weighted by molar-refractivity contribution is -0.134. The first kappa shape index (κ1) is 48.3. The summed E-state index contributed by atoms with van der Waals surface area (Å²) in [5, 5.41) is 17.6. The summed E-state index contributed by atoms with van der Waals surface area (Å²) in [6, 6.07) is 4.40. The van der Waals surface area contributed by atoms with E-state index in [1.807, 2.05) is 13.8 Å². The van der Waals surface area contributed by atoms with E-state index in [1.165, 1.54) is 51.4 Å². The van der Waals surface area contributed by atoms with E-state index in [4.69, 9.17) is 10.5 Å². The topological polar surface area (TPSA) is 210 Å². The molecule has 7 amide bonds. The Morgan fingerprint density at radius 1 is 0.650 bits per heavy atom. The highest BCUT2D eigenvalue weighted by molar-refractivity contribution is 5.98. The molecule has 8 N–H and O–H groups in total. The van der Waals surface area contributed by atoms with E-state index in [9.17, 15) is 28.8 Å². The molecule has 336 valence electrons. The molecule has 0 radical (unpaired) electrons. The predicted molar refractivity (Wildman–Crippen MR) is 234 cm³/mol. The molecule has 0 spiro atoms. The Kier molecular flexibility index (Phi) is 21.5. The van der Waals surface area contributed by atoms with Crippen molar-refractivity contribution >= 4 is 41.4 Å². The molecule has 2 unspecified atom stereocenters. The number of carbonyl (C=O) groups excluding carboxylic acids is 6. The van der Waals surface area contributed by atoms with E-state index >= 15 is 0 Å². The predicted octanol–water partition coefficient (Wildman–Crippen LogP) is 7.24. The van der Waals surface area contributed by atoms with Crippen LogP contribution < -0.4 is 37.6 Å². The lowest BCUT2D eigenvalue weighted by Gasteiger charge is -2.28. The number of carbonyl (C=O) groups is 6. The van der Waals surface area contributed by atoms with Crippen LogP contribution in [0.25, 0.3) is 0 Å². The number of nitrogens with one attached hydrogen (secondary N) is 6. The molecular weight excluding hydrogens is 763 g/mol. The number of urea groups is 1. The third kappa shape index (κ3) is 18.1. The van der Waals surface area contributed by atoms with E-state index in [2.05, 4.69) is 31.9 Å². The standard InChI is InChI=1S/C46H75N7O7/c1-32(2)40(53-42(55)35-20-15-16-23-38(30-35)50-41(54)34-18-11-7-3-4-8-12-19-34)44(57)52-39(24-17-29-48-45(47)58)43(56)49-37-27-25-33(26-28-37)31-60-46(59)51-36-21-13-9-5-6-10-14-22-36/h25-28,32,34-36,38-40H,3-24,29-31H2,1-2H3,(H,49,56)(H,50,54)(H,51,59)(H,52,57)(H,53,55)(H3,47,48,58)/t35?,38?,39-,40-/m0/s1. The van der Waals surface area contributed by atoms with Crippen LogP contribution in [-0.4, -0.2) is 66.5 Å². The van der Waals surface area contributed by atoms with Crippen molar-refractivity contribution in [3.63, 3.8) is 0 Å². The van der Waals surface area contributed by atoms with Gasteiger partial charge in [0.25, 0.3) is 0 Å². The van der Waals surface area contributed by atoms with Crippen LogP contribution in [0.3, 0.4) is 0 Å². The molecule has 14 nitrogen and oxygen atoms in total. The summed E-state index contributed by atoms with van der Waals surface area (Å²) in [5.74, 6) is -1.68. The summed E-state index contributed by atoms with van der Waals surface area (Å²) in [4.78, 5) is 78.7. The SMILES string of the molecule is CC(C)[C@H](NC(=O)C1CCCCC(NC(=O)C2CCCCCCCC2)C1)C(=O)N[C@@H](CCCNC(N)=O)C(=O)Nc1ccc(COC(=O)NC2CCCCCCCC2)cc1. The van der Waals surface area contributed by atoms with Gasteiger partial charge >= 0.3 is 12.1 Å². The minimum atomic E-state index is -0.982. The first-order valence-corrected chi connectivity index (χ1v) is 23.3. The van der Waals surface area contributed by atoms with Gasteiger partial charge in [-0.15, -0.1) is 0 Å². The van der Waals surface area contributed by atoms with E-state index < -0.39 is 36.0 Å². The number of ether oxygens (including phenoxy) is 1. The zero-order chi connectivity index (χ0) is 43.1. The number of alkyl carbamates (subject to hydrolysis) is 1. The van der Waals surface area contributed by atoms with Gasteiger partial charge in [0.2, 0.25) is 23.6 Å². The van der Waals surface area contributed by atoms with Crippen LogP contribution in [0.15, 0.2) is 24.3 Å². The van der Waals surface area contributed by atoms with Crippen LogP contribution in [0, 0.1) is 17.8 Å². The number of amides is 7. The lowest BCUT2D eigenvalue weighted by atomic mass is 9.93. The molecule has 3 aliphatic carbocycles. The summed E-state index contributed by atoms with van der Waals surface area (Å²) in [6.45, 7) is 3.98. The highest BCUT2D eigenvalue weighted by Crippen LogP contribution is 2.27. The Bertz CT molecular complexity index is 1490. The van der Waals surface area contributed by atoms with Crippen molar-refractivity contribution in [1.82, 2.24) is 26.6 Å². The molecule has 14 heteroatoms. The van der Waals surface area contributed by atoms with Gasteiger partial charge in [0.05, 0.1) is 0 Å². The molecular formula is C46H75N7O7. The number of rotatable bonds is 16. The van der Waals surface area contributed by atoms with Gasteiger partial charge in [0.15, 0.2) is 0 Å². The Morgan fingerprint density at radius 3 is 1.82 bits per heavy atom. The van der Waals surface area contributed by atoms with E-state index in [-0.39, 0.29) is 61.2 Å². The highest BCUT2D eigenvalue weighted by atomic mass is 16.5. The molecule has 60 heavy (non-hydrogen) atoms. The highest BCUT2D eigenvalue weighted by Gasteiger charge is 2.33. The summed E-state index contributed by atoms with van der Waals surface area (Å²) < 4.78 is 5.51. The zero-order valence-corrected chi connectivity index (χ0v) is 36.5. The monoisotopic (exact) mass is 838 g/mol. The largest absolute Gasteiger partial charge is 0.445 e. The Hall–Kier alpha value is -4.36. The molecule has 1 aromatic carbocycles. The van der Waals surface area contributed by atoms with Crippen molar-refractivity contribution in [2.75, 3.05) is 11.9 Å². The minimum absolute atomic E-state index is 0.0210. The van der Waals surface area contributed by atoms with Gasteiger partial charge in [-0.25, -0.2) is 9.59 Å². The summed E-state index contributed by atoms with van der Waals surface area (Å²) >= 11 is 0. The normalized spacial score (nSPS) is 21.1. The molecule has 0 aliphatic heterocycles. The van der Waals surface area contributed by atoms with Crippen molar-refractivity contribution < 1.29 is 33.5 Å². The summed E-state index contributed by atoms with van der Waals surface area (Å²) in [5.41, 5.74) is 6.48. The molecule has 0 bridgehead atoms. The van der Waals surface area contributed by atoms with Gasteiger partial charge in [-0.2, -0.15) is 0 Å². The molecule has 4 rings (SSSR count). The maximum absolute atomic E-state index is 13.9. The van der Waals surface area contributed by atoms with Crippen molar-refractivity contribution in [1.29, 1.82) is 0 Å². The van der Waals surface area contributed by atoms with Gasteiger partial charge in [-0.1, -0.05) is 116 Å². The number of hydrogen-bond acceptors (Lipinski definition) is 7. The van der Waals surface area contributed by atoms with Gasteiger partial charge in [0, 0.05) is 36.2 Å². The fraction of sp³-hybridized carbons (Fsp3) is 0.739. The van der Waals surface area contributed by atoms with E-state index in [0.29, 0.717) is 24.9 Å². The molecule has 0 heterocycles. The number of nitrogens with two attached hydrogens (primary N) is 1. The smallest absolute Gasteiger partial charge is 0.407 e. The van der Waals surface area contributed by atoms with Crippen LogP contribution in [0.1, 0.15) is 167 Å². The van der Waals surface area contributed by atoms with Crippen molar-refractivity contribution in [3.05, 3.63) is 29.8 Å². The molecule has 0 saturated heterocycles. The zero-order valence-electron chi connectivity index (χ0n) is 36.5. The minimum Gasteiger partial charge on any atom is -0.445 e. The fourth-order valence-electron chi connectivity index (χ4n) is 8.85. The van der Waals surface area contributed by atoms with E-state index in [1.54, 1.807) is 24.3 Å². The van der Waals surface area contributed by atoms with Crippen LogP contribution >= 0.6 is 0 Å². The quantitative estimate of drug-likeness (QED) is 0.0670. The lowest BCUT2D eigenvalue weighted by Crippen LogP contribution is -2.55. The number of anilines is 1. The molecule has 3 saturated carbocycles. The third-order valence-corrected chi connectivity index (χ3v) is 12.5. The van der Waals surface area contributed by atoms with Crippen molar-refractivity contribution in [2.45, 2.75) is 192 Å². The Labute approximate surface area is 358 Å². The second-order valence-electron chi connectivity index (χ2n) is 17.8. The first-order valence-electron chi connectivity index (χ1n) is 23.3. The van der Waals surface area contributed by atoms with Crippen LogP contribution in [0.2, 0.25) is 0 Å². The van der Waals surface area contributed by atoms with Crippen LogP contribution in [-0.2, 0) is 30.5 Å². The van der Waals surface area contributed by atoms with Gasteiger partial charge < -0.3 is 42.4 Å². The van der Waals surface area contributed by atoms with E-state index in [0.717, 1.165) is 76.2 Å². The number of benzene rings is 1. The molecule has 3 aliphatic rings. The molecule has 4 atom stereocenters. The fourth-order valence-corrected chi connectivity index (χ4v) is 8.85. The summed E-state index contributed by atoms with van der Waals surface area (Å²) in [7, 11) is 0. The number of primary amides is 1. The second-order valence-corrected chi connectivity index (χ2v) is 17.8. The van der Waals surface area contributed by atoms with Gasteiger partial charge in [0.1, 0.15) is 18.7 Å². The van der Waals surface area contributed by atoms with Crippen LogP contribution in [0.5, 0.6) is 0 Å².